The molecule has 0 saturated carbocycles. The van der Waals surface area contributed by atoms with Crippen LogP contribution in [0.2, 0.25) is 5.02 Å². The van der Waals surface area contributed by atoms with E-state index in [0.717, 1.165) is 36.7 Å². The minimum Gasteiger partial charge on any atom is -0.454 e. The van der Waals surface area contributed by atoms with Gasteiger partial charge in [-0.1, -0.05) is 35.9 Å². The number of hydrogen-bond acceptors (Lipinski definition) is 6. The van der Waals surface area contributed by atoms with E-state index in [-0.39, 0.29) is 44.3 Å². The smallest absolute Gasteiger partial charge is 0.322 e. The largest absolute Gasteiger partial charge is 0.454 e. The summed E-state index contributed by atoms with van der Waals surface area (Å²) in [5, 5.41) is 3.44. The van der Waals surface area contributed by atoms with Crippen molar-refractivity contribution >= 4 is 29.4 Å². The molecule has 1 fully saturated rings. The zero-order valence-electron chi connectivity index (χ0n) is 22.0. The first kappa shape index (κ1) is 26.2. The highest BCUT2D eigenvalue weighted by atomic mass is 35.5. The Morgan fingerprint density at radius 2 is 1.88 bits per heavy atom. The van der Waals surface area contributed by atoms with Crippen molar-refractivity contribution in [2.45, 2.75) is 12.6 Å². The molecule has 4 heterocycles. The van der Waals surface area contributed by atoms with Crippen LogP contribution in [0.15, 0.2) is 66.4 Å². The molecule has 1 N–H and O–H groups in total. The van der Waals surface area contributed by atoms with Crippen molar-refractivity contribution in [1.29, 1.82) is 0 Å². The fourth-order valence-corrected chi connectivity index (χ4v) is 5.85. The second-order valence-electron chi connectivity index (χ2n) is 10.2. The lowest BCUT2D eigenvalue weighted by Gasteiger charge is -2.35. The number of hydrogen-bond donors (Lipinski definition) is 1. The van der Waals surface area contributed by atoms with E-state index in [1.807, 2.05) is 24.3 Å². The van der Waals surface area contributed by atoms with E-state index in [2.05, 4.69) is 16.8 Å². The molecule has 0 radical (unpaired) electrons. The van der Waals surface area contributed by atoms with Gasteiger partial charge in [-0.3, -0.25) is 19.4 Å². The fraction of sp³-hybridized carbons (Fsp3) is 0.345. The Hall–Kier alpha value is -4.02. The number of piperazine rings is 1. The standard InChI is InChI=1S/C29H30ClN5O5/c1-2-8-35-22-16-34(28(37)26(22)27(31-29(35)38)20-4-3-5-21(30)14-20)17-25(36)33-11-9-32(10-12-33)15-19-6-7-23-24(13-19)40-18-39-23/h2-7,13-14,27H,1,8-12,15-18H2,(H,31,38). The highest BCUT2D eigenvalue weighted by Gasteiger charge is 2.44. The predicted molar refractivity (Wildman–Crippen MR) is 148 cm³/mol. The van der Waals surface area contributed by atoms with Crippen LogP contribution in [0.25, 0.3) is 0 Å². The SMILES string of the molecule is C=CCN1C(=O)NC(c2cccc(Cl)c2)C2=C1CN(CC(=O)N1CCN(Cc3ccc4c(c3)OCO4)CC1)C2=O. The predicted octanol–water partition coefficient (Wildman–Crippen LogP) is 2.76. The molecular formula is C29H30ClN5O5. The molecule has 11 heteroatoms. The van der Waals surface area contributed by atoms with Crippen molar-refractivity contribution in [3.8, 4) is 11.5 Å². The molecule has 6 rings (SSSR count). The van der Waals surface area contributed by atoms with Crippen molar-refractivity contribution in [2.24, 2.45) is 0 Å². The number of halogens is 1. The number of carbonyl (C=O) groups is 3. The molecule has 0 spiro atoms. The first-order chi connectivity index (χ1) is 19.4. The number of benzene rings is 2. The first-order valence-corrected chi connectivity index (χ1v) is 13.6. The maximum atomic E-state index is 13.7. The minimum atomic E-state index is -0.644. The Morgan fingerprint density at radius 3 is 2.65 bits per heavy atom. The molecule has 2 aromatic carbocycles. The van der Waals surface area contributed by atoms with Gasteiger partial charge in [0.05, 0.1) is 23.9 Å². The molecule has 4 amide bonds. The van der Waals surface area contributed by atoms with Gasteiger partial charge in [-0.05, 0) is 35.4 Å². The lowest BCUT2D eigenvalue weighted by Crippen LogP contribution is -2.51. The van der Waals surface area contributed by atoms with Crippen LogP contribution >= 0.6 is 11.6 Å². The monoisotopic (exact) mass is 563 g/mol. The van der Waals surface area contributed by atoms with Crippen molar-refractivity contribution in [3.05, 3.63) is 82.5 Å². The molecular weight excluding hydrogens is 534 g/mol. The quantitative estimate of drug-likeness (QED) is 0.521. The molecule has 0 aromatic heterocycles. The van der Waals surface area contributed by atoms with Crippen LogP contribution in [0, 0.1) is 0 Å². The molecule has 2 aromatic rings. The fourth-order valence-electron chi connectivity index (χ4n) is 5.65. The summed E-state index contributed by atoms with van der Waals surface area (Å²) in [5.41, 5.74) is 2.90. The number of amides is 4. The molecule has 0 bridgehead atoms. The summed E-state index contributed by atoms with van der Waals surface area (Å²) in [6, 6.07) is 12.1. The highest BCUT2D eigenvalue weighted by Crippen LogP contribution is 2.37. The van der Waals surface area contributed by atoms with E-state index in [4.69, 9.17) is 21.1 Å². The van der Waals surface area contributed by atoms with Gasteiger partial charge in [-0.25, -0.2) is 4.79 Å². The second kappa shape index (κ2) is 10.9. The number of rotatable bonds is 7. The Morgan fingerprint density at radius 1 is 1.07 bits per heavy atom. The average molecular weight is 564 g/mol. The maximum Gasteiger partial charge on any atom is 0.322 e. The highest BCUT2D eigenvalue weighted by molar-refractivity contribution is 6.30. The number of ether oxygens (including phenoxy) is 2. The molecule has 0 aliphatic carbocycles. The van der Waals surface area contributed by atoms with E-state index in [1.165, 1.54) is 9.80 Å². The van der Waals surface area contributed by atoms with Gasteiger partial charge in [0.25, 0.3) is 5.91 Å². The van der Waals surface area contributed by atoms with Crippen LogP contribution in [0.4, 0.5) is 4.79 Å². The molecule has 40 heavy (non-hydrogen) atoms. The van der Waals surface area contributed by atoms with E-state index >= 15 is 0 Å². The molecule has 208 valence electrons. The minimum absolute atomic E-state index is 0.0492. The Labute approximate surface area is 237 Å². The van der Waals surface area contributed by atoms with E-state index < -0.39 is 6.04 Å². The Kier molecular flexibility index (Phi) is 7.12. The molecule has 4 aliphatic heterocycles. The van der Waals surface area contributed by atoms with Gasteiger partial charge < -0.3 is 24.6 Å². The van der Waals surface area contributed by atoms with Gasteiger partial charge in [-0.15, -0.1) is 6.58 Å². The van der Waals surface area contributed by atoms with Crippen LogP contribution in [0.5, 0.6) is 11.5 Å². The van der Waals surface area contributed by atoms with Crippen LogP contribution in [-0.2, 0) is 16.1 Å². The van der Waals surface area contributed by atoms with E-state index in [0.29, 0.717) is 34.9 Å². The topological polar surface area (TPSA) is 94.7 Å². The zero-order chi connectivity index (χ0) is 27.8. The van der Waals surface area contributed by atoms with Gasteiger partial charge >= 0.3 is 6.03 Å². The van der Waals surface area contributed by atoms with Gasteiger partial charge in [0.2, 0.25) is 12.7 Å². The lowest BCUT2D eigenvalue weighted by molar-refractivity contribution is -0.139. The first-order valence-electron chi connectivity index (χ1n) is 13.3. The number of nitrogens with zero attached hydrogens (tertiary/aromatic N) is 4. The van der Waals surface area contributed by atoms with Gasteiger partial charge in [-0.2, -0.15) is 0 Å². The summed E-state index contributed by atoms with van der Waals surface area (Å²) in [5.74, 6) is 1.16. The summed E-state index contributed by atoms with van der Waals surface area (Å²) >= 11 is 6.21. The van der Waals surface area contributed by atoms with Gasteiger partial charge in [0.15, 0.2) is 11.5 Å². The van der Waals surface area contributed by atoms with Crippen LogP contribution in [0.1, 0.15) is 17.2 Å². The molecule has 1 atom stereocenters. The maximum absolute atomic E-state index is 13.7. The van der Waals surface area contributed by atoms with E-state index in [9.17, 15) is 14.4 Å². The number of carbonyl (C=O) groups excluding carboxylic acids is 3. The molecule has 10 nitrogen and oxygen atoms in total. The third-order valence-corrected chi connectivity index (χ3v) is 7.92. The third-order valence-electron chi connectivity index (χ3n) is 7.68. The summed E-state index contributed by atoms with van der Waals surface area (Å²) in [7, 11) is 0. The van der Waals surface area contributed by atoms with Gasteiger partial charge in [0.1, 0.15) is 6.54 Å². The van der Waals surface area contributed by atoms with Crippen molar-refractivity contribution in [2.75, 3.05) is 52.6 Å². The Balaban J connectivity index is 1.10. The lowest BCUT2D eigenvalue weighted by atomic mass is 9.95. The molecule has 4 aliphatic rings. The summed E-state index contributed by atoms with van der Waals surface area (Å²) in [6.07, 6.45) is 1.62. The normalized spacial score (nSPS) is 20.6. The number of nitrogens with one attached hydrogen (secondary N) is 1. The third kappa shape index (κ3) is 5.00. The van der Waals surface area contributed by atoms with Crippen LogP contribution < -0.4 is 14.8 Å². The molecule has 1 saturated heterocycles. The van der Waals surface area contributed by atoms with Crippen LogP contribution in [-0.4, -0.2) is 90.1 Å². The summed E-state index contributed by atoms with van der Waals surface area (Å²) in [6.45, 7) is 7.75. The summed E-state index contributed by atoms with van der Waals surface area (Å²) in [4.78, 5) is 47.1. The number of urea groups is 1. The van der Waals surface area contributed by atoms with E-state index in [1.54, 1.807) is 29.2 Å². The van der Waals surface area contributed by atoms with Crippen molar-refractivity contribution in [3.63, 3.8) is 0 Å². The Bertz CT molecular complexity index is 1400. The van der Waals surface area contributed by atoms with Gasteiger partial charge in [0, 0.05) is 44.3 Å². The van der Waals surface area contributed by atoms with Crippen molar-refractivity contribution in [1.82, 2.24) is 24.9 Å². The zero-order valence-corrected chi connectivity index (χ0v) is 22.7. The molecule has 1 unspecified atom stereocenters. The number of fused-ring (bicyclic) bond motifs is 1. The average Bonchev–Trinajstić information content (AvgIpc) is 3.54. The van der Waals surface area contributed by atoms with Crippen molar-refractivity contribution < 1.29 is 23.9 Å². The second-order valence-corrected chi connectivity index (χ2v) is 10.6. The summed E-state index contributed by atoms with van der Waals surface area (Å²) < 4.78 is 10.9. The van der Waals surface area contributed by atoms with Crippen LogP contribution in [0.3, 0.4) is 0 Å².